The van der Waals surface area contributed by atoms with Gasteiger partial charge in [0.15, 0.2) is 0 Å². The molecule has 1 aromatic rings. The lowest BCUT2D eigenvalue weighted by atomic mass is 9.56. The van der Waals surface area contributed by atoms with Gasteiger partial charge in [-0.2, -0.15) is 0 Å². The molecule has 0 amide bonds. The van der Waals surface area contributed by atoms with Crippen LogP contribution in [0.25, 0.3) is 0 Å². The number of methoxy groups -OCH3 is 2. The summed E-state index contributed by atoms with van der Waals surface area (Å²) in [7, 11) is 3.44. The fourth-order valence-corrected chi connectivity index (χ4v) is 4.55. The molecule has 2 aliphatic carbocycles. The first-order valence-electron chi connectivity index (χ1n) is 8.00. The van der Waals surface area contributed by atoms with Crippen molar-refractivity contribution in [3.05, 3.63) is 34.9 Å². The zero-order valence-corrected chi connectivity index (χ0v) is 14.1. The van der Waals surface area contributed by atoms with Crippen molar-refractivity contribution in [3.8, 4) is 11.5 Å². The van der Waals surface area contributed by atoms with Crippen molar-refractivity contribution in [2.75, 3.05) is 14.2 Å². The van der Waals surface area contributed by atoms with Crippen LogP contribution in [0, 0.1) is 11.8 Å². The van der Waals surface area contributed by atoms with Gasteiger partial charge in [0.2, 0.25) is 0 Å². The summed E-state index contributed by atoms with van der Waals surface area (Å²) in [6.45, 7) is 6.57. The Bertz CT molecular complexity index is 615. The number of benzene rings is 1. The smallest absolute Gasteiger partial charge is 0.123 e. The van der Waals surface area contributed by atoms with Crippen molar-refractivity contribution in [2.24, 2.45) is 11.8 Å². The molecule has 0 spiro atoms. The third kappa shape index (κ3) is 2.06. The topological polar surface area (TPSA) is 38.7 Å². The molecule has 1 N–H and O–H groups in total. The highest BCUT2D eigenvalue weighted by Crippen LogP contribution is 2.54. The molecule has 0 radical (unpaired) electrons. The maximum Gasteiger partial charge on any atom is 0.123 e. The number of aliphatic hydroxyl groups excluding tert-OH is 1. The Hall–Kier alpha value is -1.48. The lowest BCUT2D eigenvalue weighted by molar-refractivity contribution is 0.0503. The van der Waals surface area contributed by atoms with Crippen molar-refractivity contribution < 1.29 is 14.6 Å². The molecule has 0 saturated heterocycles. The highest BCUT2D eigenvalue weighted by atomic mass is 16.5. The first kappa shape index (κ1) is 15.4. The molecule has 0 aromatic heterocycles. The molecule has 0 bridgehead atoms. The van der Waals surface area contributed by atoms with E-state index in [1.54, 1.807) is 14.2 Å². The first-order valence-corrected chi connectivity index (χ1v) is 8.00. The Morgan fingerprint density at radius 1 is 1.14 bits per heavy atom. The standard InChI is InChI=1S/C19H26O3/c1-11-6-7-14-12(18(11)20)10-13-15(21-4)8-9-16(22-5)17(13)19(14,2)3/h6,8-9,12,14,18,20H,7,10H2,1-5H3/t12?,14-,18?/m1/s1. The second kappa shape index (κ2) is 5.31. The Morgan fingerprint density at radius 3 is 2.41 bits per heavy atom. The van der Waals surface area contributed by atoms with Gasteiger partial charge >= 0.3 is 0 Å². The molecule has 120 valence electrons. The van der Waals surface area contributed by atoms with Crippen molar-refractivity contribution in [1.29, 1.82) is 0 Å². The van der Waals surface area contributed by atoms with E-state index in [1.807, 2.05) is 19.1 Å². The summed E-state index contributed by atoms with van der Waals surface area (Å²) in [4.78, 5) is 0. The first-order chi connectivity index (χ1) is 10.4. The second-order valence-corrected chi connectivity index (χ2v) is 7.15. The molecule has 2 unspecified atom stereocenters. The van der Waals surface area contributed by atoms with Crippen LogP contribution in [-0.4, -0.2) is 25.4 Å². The van der Waals surface area contributed by atoms with E-state index >= 15 is 0 Å². The largest absolute Gasteiger partial charge is 0.496 e. The van der Waals surface area contributed by atoms with Gasteiger partial charge in [-0.3, -0.25) is 0 Å². The molecule has 1 aromatic carbocycles. The van der Waals surface area contributed by atoms with Gasteiger partial charge in [-0.1, -0.05) is 19.9 Å². The van der Waals surface area contributed by atoms with E-state index in [0.29, 0.717) is 5.92 Å². The number of fused-ring (bicyclic) bond motifs is 2. The Morgan fingerprint density at radius 2 is 1.77 bits per heavy atom. The number of ether oxygens (including phenoxy) is 2. The van der Waals surface area contributed by atoms with Crippen LogP contribution in [0.15, 0.2) is 23.8 Å². The van der Waals surface area contributed by atoms with Crippen molar-refractivity contribution in [2.45, 2.75) is 45.1 Å². The third-order valence-corrected chi connectivity index (χ3v) is 5.77. The Balaban J connectivity index is 2.20. The molecule has 3 atom stereocenters. The van der Waals surface area contributed by atoms with E-state index in [1.165, 1.54) is 11.1 Å². The zero-order valence-electron chi connectivity index (χ0n) is 14.1. The number of hydrogen-bond acceptors (Lipinski definition) is 3. The minimum atomic E-state index is -0.359. The molecule has 0 fully saturated rings. The zero-order chi connectivity index (χ0) is 16.1. The van der Waals surface area contributed by atoms with Gasteiger partial charge in [0.1, 0.15) is 11.5 Å². The van der Waals surface area contributed by atoms with Crippen LogP contribution in [0.4, 0.5) is 0 Å². The van der Waals surface area contributed by atoms with Gasteiger partial charge in [-0.25, -0.2) is 0 Å². The highest BCUT2D eigenvalue weighted by molar-refractivity contribution is 5.55. The molecule has 22 heavy (non-hydrogen) atoms. The number of hydrogen-bond donors (Lipinski definition) is 1. The summed E-state index contributed by atoms with van der Waals surface area (Å²) in [5.74, 6) is 2.50. The van der Waals surface area contributed by atoms with Crippen LogP contribution >= 0.6 is 0 Å². The number of allylic oxidation sites excluding steroid dienone is 1. The molecule has 3 nitrogen and oxygen atoms in total. The third-order valence-electron chi connectivity index (χ3n) is 5.77. The van der Waals surface area contributed by atoms with Crippen LogP contribution in [0.1, 0.15) is 38.3 Å². The van der Waals surface area contributed by atoms with E-state index in [2.05, 4.69) is 19.9 Å². The Kier molecular flexibility index (Phi) is 3.72. The van der Waals surface area contributed by atoms with Gasteiger partial charge in [0.25, 0.3) is 0 Å². The lowest BCUT2D eigenvalue weighted by Gasteiger charge is -2.49. The van der Waals surface area contributed by atoms with Gasteiger partial charge in [-0.05, 0) is 54.7 Å². The molecule has 2 aliphatic rings. The van der Waals surface area contributed by atoms with Crippen LogP contribution in [0.5, 0.6) is 11.5 Å². The van der Waals surface area contributed by atoms with Gasteiger partial charge in [0, 0.05) is 11.1 Å². The molecule has 3 heteroatoms. The average Bonchev–Trinajstić information content (AvgIpc) is 2.50. The monoisotopic (exact) mass is 302 g/mol. The number of rotatable bonds is 2. The van der Waals surface area contributed by atoms with Crippen LogP contribution < -0.4 is 9.47 Å². The molecular weight excluding hydrogens is 276 g/mol. The summed E-state index contributed by atoms with van der Waals surface area (Å²) in [6, 6.07) is 3.98. The minimum Gasteiger partial charge on any atom is -0.496 e. The van der Waals surface area contributed by atoms with Crippen LogP contribution in [-0.2, 0) is 11.8 Å². The highest BCUT2D eigenvalue weighted by Gasteiger charge is 2.48. The lowest BCUT2D eigenvalue weighted by Crippen LogP contribution is -2.47. The molecule has 0 aliphatic heterocycles. The normalized spacial score (nSPS) is 29.2. The van der Waals surface area contributed by atoms with Crippen molar-refractivity contribution in [1.82, 2.24) is 0 Å². The maximum absolute atomic E-state index is 10.7. The van der Waals surface area contributed by atoms with Gasteiger partial charge in [0.05, 0.1) is 20.3 Å². The van der Waals surface area contributed by atoms with Gasteiger partial charge < -0.3 is 14.6 Å². The summed E-state index contributed by atoms with van der Waals surface area (Å²) < 4.78 is 11.2. The fourth-order valence-electron chi connectivity index (χ4n) is 4.55. The minimum absolute atomic E-state index is 0.0592. The van der Waals surface area contributed by atoms with E-state index in [4.69, 9.17) is 9.47 Å². The number of aliphatic hydroxyl groups is 1. The van der Waals surface area contributed by atoms with Crippen molar-refractivity contribution in [3.63, 3.8) is 0 Å². The Labute approximate surface area is 132 Å². The SMILES string of the molecule is COc1ccc(OC)c2c1CC1C(O)C(C)=CC[C@H]1C2(C)C. The molecular formula is C19H26O3. The van der Waals surface area contributed by atoms with Crippen LogP contribution in [0.2, 0.25) is 0 Å². The average molecular weight is 302 g/mol. The molecule has 0 saturated carbocycles. The fraction of sp³-hybridized carbons (Fsp3) is 0.579. The predicted octanol–water partition coefficient (Wildman–Crippen LogP) is 3.48. The summed E-state index contributed by atoms with van der Waals surface area (Å²) in [6.07, 6.45) is 3.70. The molecule has 3 rings (SSSR count). The van der Waals surface area contributed by atoms with E-state index < -0.39 is 0 Å². The van der Waals surface area contributed by atoms with Crippen LogP contribution in [0.3, 0.4) is 0 Å². The second-order valence-electron chi connectivity index (χ2n) is 7.15. The predicted molar refractivity (Wildman–Crippen MR) is 87.6 cm³/mol. The van der Waals surface area contributed by atoms with Crippen molar-refractivity contribution >= 4 is 0 Å². The molecule has 0 heterocycles. The maximum atomic E-state index is 10.7. The summed E-state index contributed by atoms with van der Waals surface area (Å²) >= 11 is 0. The summed E-state index contributed by atoms with van der Waals surface area (Å²) in [5, 5.41) is 10.7. The van der Waals surface area contributed by atoms with Gasteiger partial charge in [-0.15, -0.1) is 0 Å². The van der Waals surface area contributed by atoms with E-state index in [-0.39, 0.29) is 17.4 Å². The summed E-state index contributed by atoms with van der Waals surface area (Å²) in [5.41, 5.74) is 3.48. The quantitative estimate of drug-likeness (QED) is 0.850. The van der Waals surface area contributed by atoms with E-state index in [0.717, 1.165) is 29.9 Å². The van der Waals surface area contributed by atoms with E-state index in [9.17, 15) is 5.11 Å².